The van der Waals surface area contributed by atoms with Gasteiger partial charge in [-0.15, -0.1) is 0 Å². The molecule has 0 unspecified atom stereocenters. The summed E-state index contributed by atoms with van der Waals surface area (Å²) in [4.78, 5) is 13.7. The Morgan fingerprint density at radius 3 is 2.09 bits per heavy atom. The summed E-state index contributed by atoms with van der Waals surface area (Å²) in [6.45, 7) is 2.07. The molecule has 0 spiro atoms. The summed E-state index contributed by atoms with van der Waals surface area (Å²) < 4.78 is 98.9. The summed E-state index contributed by atoms with van der Waals surface area (Å²) in [6.07, 6.45) is -9.18. The van der Waals surface area contributed by atoms with E-state index < -0.39 is 42.0 Å². The molecule has 190 valence electrons. The van der Waals surface area contributed by atoms with Gasteiger partial charge in [-0.1, -0.05) is 12.1 Å². The molecule has 2 aliphatic rings. The Balaban J connectivity index is 1.61. The van der Waals surface area contributed by atoms with E-state index in [-0.39, 0.29) is 35.3 Å². The lowest BCUT2D eigenvalue weighted by molar-refractivity contribution is -0.143. The highest BCUT2D eigenvalue weighted by Crippen LogP contribution is 2.47. The normalized spacial score (nSPS) is 25.0. The lowest BCUT2D eigenvalue weighted by Gasteiger charge is -2.39. The Kier molecular flexibility index (Phi) is 6.87. The van der Waals surface area contributed by atoms with Crippen molar-refractivity contribution in [2.45, 2.75) is 50.7 Å². The minimum absolute atomic E-state index is 0.0182. The van der Waals surface area contributed by atoms with Crippen molar-refractivity contribution in [3.63, 3.8) is 0 Å². The number of fused-ring (bicyclic) bond motifs is 1. The topological polar surface area (TPSA) is 29.5 Å². The molecule has 1 saturated heterocycles. The molecule has 0 aromatic heterocycles. The Labute approximate surface area is 197 Å². The van der Waals surface area contributed by atoms with Crippen LogP contribution >= 0.6 is 0 Å². The molecule has 35 heavy (non-hydrogen) atoms. The van der Waals surface area contributed by atoms with Crippen molar-refractivity contribution < 1.29 is 40.3 Å². The minimum atomic E-state index is -4.94. The number of halogens is 7. The smallest absolute Gasteiger partial charge is 0.373 e. The molecule has 1 aliphatic carbocycles. The van der Waals surface area contributed by atoms with Crippen molar-refractivity contribution in [2.24, 2.45) is 11.8 Å². The average molecular weight is 503 g/mol. The summed E-state index contributed by atoms with van der Waals surface area (Å²) in [5.74, 6) is -0.626. The van der Waals surface area contributed by atoms with Gasteiger partial charge >= 0.3 is 12.4 Å². The third kappa shape index (κ3) is 5.63. The first-order valence-corrected chi connectivity index (χ1v) is 11.2. The maximum absolute atomic E-state index is 13.6. The maximum Gasteiger partial charge on any atom is 0.416 e. The molecule has 2 aromatic carbocycles. The summed E-state index contributed by atoms with van der Waals surface area (Å²) >= 11 is 0. The van der Waals surface area contributed by atoms with Crippen molar-refractivity contribution in [3.05, 3.63) is 70.5 Å². The lowest BCUT2D eigenvalue weighted by atomic mass is 9.69. The number of rotatable bonds is 4. The second kappa shape index (κ2) is 9.44. The molecule has 0 bridgehead atoms. The second-order valence-corrected chi connectivity index (χ2v) is 9.27. The molecular formula is C25H24F7NO2. The third-order valence-corrected chi connectivity index (χ3v) is 6.99. The van der Waals surface area contributed by atoms with Crippen molar-refractivity contribution in [2.75, 3.05) is 13.1 Å². The fourth-order valence-electron chi connectivity index (χ4n) is 5.34. The number of carbonyl (C=O) groups is 1. The van der Waals surface area contributed by atoms with E-state index in [1.165, 1.54) is 19.1 Å². The van der Waals surface area contributed by atoms with Crippen LogP contribution in [0, 0.1) is 17.7 Å². The number of likely N-dealkylation sites (tertiary alicyclic amines) is 1. The van der Waals surface area contributed by atoms with E-state index in [1.807, 2.05) is 0 Å². The number of hydrogen-bond acceptors (Lipinski definition) is 2. The van der Waals surface area contributed by atoms with Crippen molar-refractivity contribution in [3.8, 4) is 0 Å². The molecule has 3 nitrogen and oxygen atoms in total. The van der Waals surface area contributed by atoms with Crippen LogP contribution in [0.4, 0.5) is 30.7 Å². The Hall–Kier alpha value is -2.62. The largest absolute Gasteiger partial charge is 0.416 e. The monoisotopic (exact) mass is 503 g/mol. The fraction of sp³-hybridized carbons (Fsp3) is 0.480. The van der Waals surface area contributed by atoms with E-state index >= 15 is 0 Å². The third-order valence-electron chi connectivity index (χ3n) is 6.99. The van der Waals surface area contributed by atoms with E-state index in [0.717, 1.165) is 5.56 Å². The zero-order valence-corrected chi connectivity index (χ0v) is 18.8. The predicted octanol–water partition coefficient (Wildman–Crippen LogP) is 6.42. The highest BCUT2D eigenvalue weighted by Gasteiger charge is 2.46. The number of nitrogens with zero attached hydrogens (tertiary/aromatic N) is 1. The first-order valence-electron chi connectivity index (χ1n) is 11.2. The molecule has 1 amide bonds. The van der Waals surface area contributed by atoms with Crippen molar-refractivity contribution in [1.29, 1.82) is 0 Å². The molecule has 4 atom stereocenters. The molecule has 4 rings (SSSR count). The Morgan fingerprint density at radius 2 is 1.54 bits per heavy atom. The molecule has 1 aliphatic heterocycles. The number of ether oxygens (including phenoxy) is 1. The lowest BCUT2D eigenvalue weighted by Crippen LogP contribution is -2.37. The average Bonchev–Trinajstić information content (AvgIpc) is 3.21. The molecule has 1 saturated carbocycles. The minimum Gasteiger partial charge on any atom is -0.373 e. The number of carbonyl (C=O) groups excluding carboxylic acids is 1. The van der Waals surface area contributed by atoms with E-state index in [0.29, 0.717) is 38.1 Å². The summed E-state index contributed by atoms with van der Waals surface area (Å²) in [5.41, 5.74) is -2.25. The predicted molar refractivity (Wildman–Crippen MR) is 113 cm³/mol. The van der Waals surface area contributed by atoms with Crippen LogP contribution < -0.4 is 0 Å². The second-order valence-electron chi connectivity index (χ2n) is 9.27. The van der Waals surface area contributed by atoms with Crippen LogP contribution in [0.3, 0.4) is 0 Å². The highest BCUT2D eigenvalue weighted by molar-refractivity contribution is 5.73. The van der Waals surface area contributed by atoms with Gasteiger partial charge in [0.15, 0.2) is 0 Å². The number of hydrogen-bond donors (Lipinski definition) is 0. The highest BCUT2D eigenvalue weighted by atomic mass is 19.4. The van der Waals surface area contributed by atoms with E-state index in [9.17, 15) is 35.5 Å². The van der Waals surface area contributed by atoms with Crippen LogP contribution in [0.5, 0.6) is 0 Å². The number of alkyl halides is 6. The van der Waals surface area contributed by atoms with E-state index in [4.69, 9.17) is 4.74 Å². The van der Waals surface area contributed by atoms with Crippen LogP contribution in [0.15, 0.2) is 42.5 Å². The SMILES string of the molecule is CC(=O)N1C[C@H]2CC[C@H](OCc3cc(C(F)(F)F)cc(C(F)(F)F)c3)[C@@H](c3ccc(F)cc3)[C@@H]2C1. The summed E-state index contributed by atoms with van der Waals surface area (Å²) in [5, 5.41) is 0. The van der Waals surface area contributed by atoms with Gasteiger partial charge in [0, 0.05) is 25.9 Å². The fourth-order valence-corrected chi connectivity index (χ4v) is 5.34. The zero-order valence-electron chi connectivity index (χ0n) is 18.8. The molecule has 1 heterocycles. The van der Waals surface area contributed by atoms with E-state index in [2.05, 4.69) is 0 Å². The van der Waals surface area contributed by atoms with Gasteiger partial charge in [0.1, 0.15) is 5.82 Å². The van der Waals surface area contributed by atoms with Gasteiger partial charge in [0.05, 0.1) is 23.8 Å². The quantitative estimate of drug-likeness (QED) is 0.451. The number of benzene rings is 2. The van der Waals surface area contributed by atoms with Crippen LogP contribution in [0.25, 0.3) is 0 Å². The van der Waals surface area contributed by atoms with E-state index in [1.54, 1.807) is 17.0 Å². The molecule has 2 aromatic rings. The van der Waals surface area contributed by atoms with Crippen molar-refractivity contribution in [1.82, 2.24) is 4.90 Å². The Bertz CT molecular complexity index is 1030. The Morgan fingerprint density at radius 1 is 0.943 bits per heavy atom. The van der Waals surface area contributed by atoms with Crippen LogP contribution in [0.1, 0.15) is 47.9 Å². The van der Waals surface area contributed by atoms with Gasteiger partial charge in [-0.05, 0) is 66.1 Å². The first kappa shape index (κ1) is 25.5. The first-order chi connectivity index (χ1) is 16.3. The van der Waals surface area contributed by atoms with Crippen LogP contribution in [-0.4, -0.2) is 30.0 Å². The van der Waals surface area contributed by atoms with Gasteiger partial charge in [-0.25, -0.2) is 4.39 Å². The van der Waals surface area contributed by atoms with Gasteiger partial charge < -0.3 is 9.64 Å². The van der Waals surface area contributed by atoms with Gasteiger partial charge in [-0.3, -0.25) is 4.79 Å². The summed E-state index contributed by atoms with van der Waals surface area (Å²) in [7, 11) is 0. The van der Waals surface area contributed by atoms with Crippen molar-refractivity contribution >= 4 is 5.91 Å². The molecule has 10 heteroatoms. The maximum atomic E-state index is 13.6. The summed E-state index contributed by atoms with van der Waals surface area (Å²) in [6, 6.07) is 7.25. The van der Waals surface area contributed by atoms with Gasteiger partial charge in [0.25, 0.3) is 0 Å². The molecule has 0 radical (unpaired) electrons. The standard InChI is InChI=1S/C25H24F7NO2/c1-14(34)33-11-17-4-7-22(23(21(17)12-33)16-2-5-20(26)6-3-16)35-13-15-8-18(24(27,28)29)10-19(9-15)25(30,31)32/h2-3,5-6,8-10,17,21-23H,4,7,11-13H2,1H3/t17-,21-,22+,23+/m1/s1. The van der Waals surface area contributed by atoms with Crippen LogP contribution in [-0.2, 0) is 28.5 Å². The molecular weight excluding hydrogens is 479 g/mol. The van der Waals surface area contributed by atoms with Gasteiger partial charge in [0.2, 0.25) is 5.91 Å². The molecule has 0 N–H and O–H groups in total. The molecule has 2 fully saturated rings. The number of amides is 1. The van der Waals surface area contributed by atoms with Crippen LogP contribution in [0.2, 0.25) is 0 Å². The van der Waals surface area contributed by atoms with Gasteiger partial charge in [-0.2, -0.15) is 26.3 Å². The zero-order chi connectivity index (χ0) is 25.5.